The molecule has 0 fully saturated rings. The van der Waals surface area contributed by atoms with E-state index in [9.17, 15) is 34.4 Å². The first-order valence-electron chi connectivity index (χ1n) is 21.8. The van der Waals surface area contributed by atoms with Crippen LogP contribution >= 0.6 is 7.82 Å². The molecule has 13 heteroatoms. The van der Waals surface area contributed by atoms with E-state index in [4.69, 9.17) is 19.1 Å². The van der Waals surface area contributed by atoms with Gasteiger partial charge in [-0.1, -0.05) is 127 Å². The zero-order valence-electron chi connectivity index (χ0n) is 35.3. The number of carbonyl (C=O) groups is 2. The molecule has 0 aromatic carbocycles. The molecule has 0 saturated carbocycles. The molecular formula is C44H79O12P. The van der Waals surface area contributed by atoms with Gasteiger partial charge in [-0.2, -0.15) is 0 Å². The van der Waals surface area contributed by atoms with E-state index in [1.54, 1.807) is 0 Å². The first kappa shape index (κ1) is 54.9. The van der Waals surface area contributed by atoms with Crippen LogP contribution in [0.2, 0.25) is 0 Å². The lowest BCUT2D eigenvalue weighted by atomic mass is 10.0. The van der Waals surface area contributed by atoms with Crippen molar-refractivity contribution in [3.05, 3.63) is 48.6 Å². The van der Waals surface area contributed by atoms with Crippen LogP contribution < -0.4 is 0 Å². The Labute approximate surface area is 344 Å². The molecule has 0 saturated heterocycles. The average molecular weight is 831 g/mol. The summed E-state index contributed by atoms with van der Waals surface area (Å²) in [6.07, 6.45) is 33.8. The van der Waals surface area contributed by atoms with Crippen LogP contribution in [0.25, 0.3) is 0 Å². The minimum atomic E-state index is -4.66. The third-order valence-corrected chi connectivity index (χ3v) is 10.1. The molecule has 332 valence electrons. The number of phosphoric ester groups is 1. The number of esters is 2. The number of phosphoric acid groups is 1. The van der Waals surface area contributed by atoms with Gasteiger partial charge in [0.1, 0.15) is 12.7 Å². The van der Waals surface area contributed by atoms with Crippen molar-refractivity contribution in [3.8, 4) is 0 Å². The second-order valence-corrected chi connectivity index (χ2v) is 16.1. The Morgan fingerprint density at radius 1 is 0.579 bits per heavy atom. The smallest absolute Gasteiger partial charge is 0.462 e. The summed E-state index contributed by atoms with van der Waals surface area (Å²) >= 11 is 0. The minimum Gasteiger partial charge on any atom is -0.462 e. The molecule has 0 spiro atoms. The monoisotopic (exact) mass is 831 g/mol. The third kappa shape index (κ3) is 37.8. The number of ether oxygens (including phenoxy) is 2. The largest absolute Gasteiger partial charge is 0.472 e. The topological polar surface area (TPSA) is 189 Å². The zero-order chi connectivity index (χ0) is 42.2. The fourth-order valence-corrected chi connectivity index (χ4v) is 6.40. The maximum atomic E-state index is 12.6. The molecule has 0 aromatic heterocycles. The lowest BCUT2D eigenvalue weighted by Crippen LogP contribution is -2.29. The lowest BCUT2D eigenvalue weighted by Gasteiger charge is -2.20. The van der Waals surface area contributed by atoms with Gasteiger partial charge in [0.05, 0.1) is 32.0 Å². The predicted molar refractivity (Wildman–Crippen MR) is 226 cm³/mol. The molecule has 0 bridgehead atoms. The molecule has 0 rings (SSSR count). The summed E-state index contributed by atoms with van der Waals surface area (Å²) in [7, 11) is -4.66. The summed E-state index contributed by atoms with van der Waals surface area (Å²) in [6.45, 7) is 2.08. The summed E-state index contributed by atoms with van der Waals surface area (Å²) in [4.78, 5) is 35.0. The van der Waals surface area contributed by atoms with Crippen molar-refractivity contribution in [1.82, 2.24) is 0 Å². The number of hydrogen-bond donors (Lipinski definition) is 5. The van der Waals surface area contributed by atoms with Gasteiger partial charge in [-0.3, -0.25) is 18.6 Å². The van der Waals surface area contributed by atoms with Crippen molar-refractivity contribution in [2.45, 2.75) is 192 Å². The molecule has 0 aliphatic carbocycles. The maximum Gasteiger partial charge on any atom is 0.472 e. The third-order valence-electron chi connectivity index (χ3n) is 9.16. The van der Waals surface area contributed by atoms with Crippen molar-refractivity contribution in [2.75, 3.05) is 26.4 Å². The fraction of sp³-hybridized carbons (Fsp3) is 0.773. The van der Waals surface area contributed by atoms with E-state index in [2.05, 4.69) is 60.9 Å². The molecule has 0 aliphatic rings. The summed E-state index contributed by atoms with van der Waals surface area (Å²) in [5, 5.41) is 38.8. The molecule has 5 atom stereocenters. The number of aliphatic hydroxyl groups is 4. The molecule has 12 nitrogen and oxygen atoms in total. The van der Waals surface area contributed by atoms with Crippen LogP contribution in [-0.4, -0.2) is 88.1 Å². The number of hydrogen-bond acceptors (Lipinski definition) is 11. The van der Waals surface area contributed by atoms with E-state index < -0.39 is 64.0 Å². The number of rotatable bonds is 40. The van der Waals surface area contributed by atoms with Gasteiger partial charge in [-0.25, -0.2) is 4.57 Å². The van der Waals surface area contributed by atoms with Gasteiger partial charge >= 0.3 is 19.8 Å². The molecule has 0 radical (unpaired) electrons. The fourth-order valence-electron chi connectivity index (χ4n) is 5.61. The molecule has 0 aromatic rings. The molecule has 0 aliphatic heterocycles. The molecule has 0 amide bonds. The molecule has 0 heterocycles. The average Bonchev–Trinajstić information content (AvgIpc) is 3.19. The van der Waals surface area contributed by atoms with E-state index >= 15 is 0 Å². The van der Waals surface area contributed by atoms with E-state index in [1.807, 2.05) is 6.08 Å². The van der Waals surface area contributed by atoms with E-state index in [-0.39, 0.29) is 19.4 Å². The molecule has 57 heavy (non-hydrogen) atoms. The summed E-state index contributed by atoms with van der Waals surface area (Å²) in [5.41, 5.74) is 0. The number of unbranched alkanes of at least 4 members (excludes halogenated alkanes) is 14. The van der Waals surface area contributed by atoms with Gasteiger partial charge in [0.2, 0.25) is 0 Å². The number of carbonyl (C=O) groups excluding carboxylic acids is 2. The second-order valence-electron chi connectivity index (χ2n) is 14.7. The van der Waals surface area contributed by atoms with Crippen LogP contribution in [0.1, 0.15) is 168 Å². The van der Waals surface area contributed by atoms with Gasteiger partial charge < -0.3 is 34.8 Å². The number of aliphatic hydroxyl groups excluding tert-OH is 4. The zero-order valence-corrected chi connectivity index (χ0v) is 36.2. The SMILES string of the molecule is CCCCC/C=C\C/C=C\C/C=C\CCCCCCC(=O)OC[C@H](COP(=O)(O)OC[C@@H](O)CO)OC(=O)CCCCCCC[C@H](O)[C@@H](O)C/C=C\CCCCC. The molecule has 5 N–H and O–H groups in total. The standard InChI is InChI=1S/C44H79O12P/c1-3-5-7-9-11-12-13-14-15-16-17-18-19-20-21-25-29-33-43(49)53-37-40(38-55-57(51,52)54-36-39(46)35-45)56-44(50)34-30-26-22-24-28-32-42(48)41(47)31-27-23-10-8-6-4-2/h11-12,14-15,17-18,23,27,39-42,45-48H,3-10,13,16,19-22,24-26,28-38H2,1-2H3,(H,51,52)/b12-11-,15-14-,18-17-,27-23-/t39-,40+,41-,42-/m0/s1. The van der Waals surface area contributed by atoms with Crippen LogP contribution in [0.4, 0.5) is 0 Å². The predicted octanol–water partition coefficient (Wildman–Crippen LogP) is 9.28. The first-order chi connectivity index (χ1) is 27.5. The highest BCUT2D eigenvalue weighted by molar-refractivity contribution is 7.47. The van der Waals surface area contributed by atoms with Crippen molar-refractivity contribution < 1.29 is 58.0 Å². The highest BCUT2D eigenvalue weighted by Crippen LogP contribution is 2.43. The van der Waals surface area contributed by atoms with Crippen molar-refractivity contribution in [3.63, 3.8) is 0 Å². The Bertz CT molecular complexity index is 1120. The van der Waals surface area contributed by atoms with Gasteiger partial charge in [-0.05, 0) is 77.0 Å². The van der Waals surface area contributed by atoms with Crippen LogP contribution in [0.15, 0.2) is 48.6 Å². The Hall–Kier alpha value is -2.15. The lowest BCUT2D eigenvalue weighted by molar-refractivity contribution is -0.161. The Kier molecular flexibility index (Phi) is 37.8. The quantitative estimate of drug-likeness (QED) is 0.0171. The van der Waals surface area contributed by atoms with Gasteiger partial charge in [0.25, 0.3) is 0 Å². The van der Waals surface area contributed by atoms with Crippen molar-refractivity contribution >= 4 is 19.8 Å². The van der Waals surface area contributed by atoms with Crippen LogP contribution in [0.3, 0.4) is 0 Å². The van der Waals surface area contributed by atoms with E-state index in [0.717, 1.165) is 83.5 Å². The van der Waals surface area contributed by atoms with Crippen LogP contribution in [0, 0.1) is 0 Å². The van der Waals surface area contributed by atoms with Crippen molar-refractivity contribution in [1.29, 1.82) is 0 Å². The Morgan fingerprint density at radius 2 is 1.07 bits per heavy atom. The number of allylic oxidation sites excluding steroid dienone is 7. The summed E-state index contributed by atoms with van der Waals surface area (Å²) in [5.74, 6) is -1.06. The maximum absolute atomic E-state index is 12.6. The summed E-state index contributed by atoms with van der Waals surface area (Å²) in [6, 6.07) is 0. The van der Waals surface area contributed by atoms with Crippen LogP contribution in [0.5, 0.6) is 0 Å². The molecular weight excluding hydrogens is 751 g/mol. The van der Waals surface area contributed by atoms with Crippen molar-refractivity contribution in [2.24, 2.45) is 0 Å². The normalized spacial score (nSPS) is 15.4. The van der Waals surface area contributed by atoms with Crippen LogP contribution in [-0.2, 0) is 32.7 Å². The molecule has 1 unspecified atom stereocenters. The van der Waals surface area contributed by atoms with Gasteiger partial charge in [0.15, 0.2) is 6.10 Å². The Morgan fingerprint density at radius 3 is 1.67 bits per heavy atom. The minimum absolute atomic E-state index is 0.0785. The summed E-state index contributed by atoms with van der Waals surface area (Å²) < 4.78 is 32.6. The van der Waals surface area contributed by atoms with Gasteiger partial charge in [0, 0.05) is 12.8 Å². The highest BCUT2D eigenvalue weighted by Gasteiger charge is 2.27. The second kappa shape index (κ2) is 39.3. The van der Waals surface area contributed by atoms with Gasteiger partial charge in [-0.15, -0.1) is 0 Å². The van der Waals surface area contributed by atoms with E-state index in [0.29, 0.717) is 25.7 Å². The Balaban J connectivity index is 4.47. The highest BCUT2D eigenvalue weighted by atomic mass is 31.2. The van der Waals surface area contributed by atoms with E-state index in [1.165, 1.54) is 32.1 Å². The first-order valence-corrected chi connectivity index (χ1v) is 23.3.